The first kappa shape index (κ1) is 15.8. The average Bonchev–Trinajstić information content (AvgIpc) is 2.41. The quantitative estimate of drug-likeness (QED) is 0.767. The first-order chi connectivity index (χ1) is 9.15. The molecule has 1 unspecified atom stereocenters. The fourth-order valence-electron chi connectivity index (χ4n) is 4.54. The molecule has 112 valence electrons. The molecule has 2 atom stereocenters. The highest BCUT2D eigenvalue weighted by atomic mass is 35.5. The van der Waals surface area contributed by atoms with Crippen molar-refractivity contribution in [2.45, 2.75) is 31.6 Å². The molecule has 3 saturated carbocycles. The van der Waals surface area contributed by atoms with E-state index in [4.69, 9.17) is 0 Å². The minimum absolute atomic E-state index is 0. The molecule has 0 aromatic heterocycles. The molecular weight excluding hydrogens is 273 g/mol. The Labute approximate surface area is 128 Å². The summed E-state index contributed by atoms with van der Waals surface area (Å²) in [5.41, 5.74) is 1.38. The van der Waals surface area contributed by atoms with Crippen LogP contribution in [0.25, 0.3) is 0 Å². The third-order valence-corrected chi connectivity index (χ3v) is 5.29. The van der Waals surface area contributed by atoms with Gasteiger partial charge in [0.05, 0.1) is 20.6 Å². The second kappa shape index (κ2) is 6.44. The number of hydrogen-bond acceptors (Lipinski definition) is 0. The Hall–Kier alpha value is -0.600. The van der Waals surface area contributed by atoms with Gasteiger partial charge in [-0.1, -0.05) is 12.1 Å². The molecule has 20 heavy (non-hydrogen) atoms. The molecule has 1 N–H and O–H groups in total. The van der Waals surface area contributed by atoms with Gasteiger partial charge >= 0.3 is 0 Å². The molecule has 0 saturated heterocycles. The lowest BCUT2D eigenvalue weighted by atomic mass is 9.57. The van der Waals surface area contributed by atoms with Crippen LogP contribution in [0.3, 0.4) is 0 Å². The highest BCUT2D eigenvalue weighted by Gasteiger charge is 2.45. The Morgan fingerprint density at radius 2 is 1.55 bits per heavy atom. The highest BCUT2D eigenvalue weighted by molar-refractivity contribution is 5.24. The summed E-state index contributed by atoms with van der Waals surface area (Å²) in [5.74, 6) is 3.08. The zero-order chi connectivity index (χ0) is 13.4. The second-order valence-electron chi connectivity index (χ2n) is 6.83. The summed E-state index contributed by atoms with van der Waals surface area (Å²) in [6.07, 6.45) is 5.60. The van der Waals surface area contributed by atoms with Crippen molar-refractivity contribution < 1.29 is 21.7 Å². The van der Waals surface area contributed by atoms with Gasteiger partial charge in [0.25, 0.3) is 0 Å². The van der Waals surface area contributed by atoms with Crippen molar-refractivity contribution in [1.29, 1.82) is 0 Å². The van der Waals surface area contributed by atoms with Crippen molar-refractivity contribution in [2.75, 3.05) is 20.6 Å². The molecule has 2 bridgehead atoms. The Morgan fingerprint density at radius 3 is 2.10 bits per heavy atom. The van der Waals surface area contributed by atoms with E-state index in [0.29, 0.717) is 5.92 Å². The monoisotopic (exact) mass is 297 g/mol. The van der Waals surface area contributed by atoms with E-state index in [-0.39, 0.29) is 18.2 Å². The summed E-state index contributed by atoms with van der Waals surface area (Å²) in [5, 5.41) is 0. The van der Waals surface area contributed by atoms with Gasteiger partial charge in [-0.15, -0.1) is 0 Å². The Morgan fingerprint density at radius 1 is 1.00 bits per heavy atom. The molecule has 1 nitrogen and oxygen atoms in total. The van der Waals surface area contributed by atoms with Crippen LogP contribution >= 0.6 is 0 Å². The predicted molar refractivity (Wildman–Crippen MR) is 75.8 cm³/mol. The number of halogens is 2. The van der Waals surface area contributed by atoms with Crippen molar-refractivity contribution in [3.63, 3.8) is 0 Å². The zero-order valence-electron chi connectivity index (χ0n) is 12.4. The van der Waals surface area contributed by atoms with E-state index >= 15 is 0 Å². The van der Waals surface area contributed by atoms with Gasteiger partial charge in [-0.2, -0.15) is 0 Å². The molecule has 1 aromatic rings. The van der Waals surface area contributed by atoms with Crippen molar-refractivity contribution in [3.05, 3.63) is 35.6 Å². The number of quaternary nitrogens is 1. The van der Waals surface area contributed by atoms with Crippen LogP contribution in [0, 0.1) is 23.6 Å². The maximum atomic E-state index is 13.1. The summed E-state index contributed by atoms with van der Waals surface area (Å²) in [7, 11) is 4.51. The van der Waals surface area contributed by atoms with Crippen LogP contribution in [0.4, 0.5) is 4.39 Å². The van der Waals surface area contributed by atoms with Crippen LogP contribution in [0.5, 0.6) is 0 Å². The first-order valence-electron chi connectivity index (χ1n) is 7.69. The van der Waals surface area contributed by atoms with Gasteiger partial charge in [-0.05, 0) is 61.1 Å². The number of nitrogens with one attached hydrogen (secondary N) is 1. The average molecular weight is 298 g/mol. The maximum Gasteiger partial charge on any atom is 0.123 e. The van der Waals surface area contributed by atoms with E-state index < -0.39 is 0 Å². The smallest absolute Gasteiger partial charge is 0.123 e. The van der Waals surface area contributed by atoms with E-state index in [1.165, 1.54) is 37.8 Å². The second-order valence-corrected chi connectivity index (χ2v) is 6.83. The predicted octanol–water partition coefficient (Wildman–Crippen LogP) is -0.506. The minimum Gasteiger partial charge on any atom is -1.00 e. The van der Waals surface area contributed by atoms with Crippen LogP contribution in [-0.2, 0) is 0 Å². The zero-order valence-corrected chi connectivity index (χ0v) is 13.2. The van der Waals surface area contributed by atoms with E-state index in [2.05, 4.69) is 14.1 Å². The summed E-state index contributed by atoms with van der Waals surface area (Å²) < 4.78 is 13.1. The molecule has 0 radical (unpaired) electrons. The standard InChI is InChI=1S/C17H24FN.ClH/c1-19(2)11-16-12-3-5-13(6-4-12)17(16)14-7-9-15(18)10-8-14;/h7-10,12-13,16-17H,3-6,11H2,1-2H3;1H/t12?,13?,16-,17?;/m1./s1. The number of benzene rings is 1. The van der Waals surface area contributed by atoms with Crippen molar-refractivity contribution in [2.24, 2.45) is 17.8 Å². The third-order valence-electron chi connectivity index (χ3n) is 5.29. The summed E-state index contributed by atoms with van der Waals surface area (Å²) in [4.78, 5) is 1.55. The fraction of sp³-hybridized carbons (Fsp3) is 0.647. The molecular formula is C17H25ClFN. The summed E-state index contributed by atoms with van der Waals surface area (Å²) in [6, 6.07) is 7.33. The SMILES string of the molecule is C[NH+](C)C[C@@H]1C2CCC(CC2)C1c1ccc(F)cc1.[Cl-]. The molecule has 4 rings (SSSR count). The molecule has 0 aliphatic heterocycles. The molecule has 3 aliphatic carbocycles. The highest BCUT2D eigenvalue weighted by Crippen LogP contribution is 2.52. The van der Waals surface area contributed by atoms with Crippen LogP contribution < -0.4 is 17.3 Å². The van der Waals surface area contributed by atoms with Crippen LogP contribution in [0.1, 0.15) is 37.2 Å². The normalized spacial score (nSPS) is 32.2. The van der Waals surface area contributed by atoms with Gasteiger partial charge in [-0.3, -0.25) is 0 Å². The fourth-order valence-corrected chi connectivity index (χ4v) is 4.54. The minimum atomic E-state index is -0.112. The lowest BCUT2D eigenvalue weighted by molar-refractivity contribution is -0.863. The summed E-state index contributed by atoms with van der Waals surface area (Å²) >= 11 is 0. The molecule has 0 spiro atoms. The van der Waals surface area contributed by atoms with Gasteiger partial charge in [0.15, 0.2) is 0 Å². The van der Waals surface area contributed by atoms with E-state index in [1.807, 2.05) is 12.1 Å². The van der Waals surface area contributed by atoms with Gasteiger partial charge in [0.2, 0.25) is 0 Å². The number of hydrogen-bond donors (Lipinski definition) is 1. The third kappa shape index (κ3) is 3.01. The summed E-state index contributed by atoms with van der Waals surface area (Å²) in [6.45, 7) is 1.25. The van der Waals surface area contributed by atoms with Crippen molar-refractivity contribution >= 4 is 0 Å². The molecule has 3 heteroatoms. The first-order valence-corrected chi connectivity index (χ1v) is 7.69. The largest absolute Gasteiger partial charge is 1.00 e. The maximum absolute atomic E-state index is 13.1. The van der Waals surface area contributed by atoms with Crippen LogP contribution in [-0.4, -0.2) is 20.6 Å². The van der Waals surface area contributed by atoms with Gasteiger partial charge in [0, 0.05) is 5.92 Å². The number of rotatable bonds is 3. The lowest BCUT2D eigenvalue weighted by Crippen LogP contribution is -3.06. The Kier molecular flexibility index (Phi) is 5.09. The van der Waals surface area contributed by atoms with Gasteiger partial charge in [0.1, 0.15) is 5.82 Å². The van der Waals surface area contributed by atoms with Crippen molar-refractivity contribution in [1.82, 2.24) is 0 Å². The molecule has 3 fully saturated rings. The molecule has 3 aliphatic rings. The van der Waals surface area contributed by atoms with Gasteiger partial charge < -0.3 is 17.3 Å². The lowest BCUT2D eigenvalue weighted by Gasteiger charge is -2.49. The molecule has 0 heterocycles. The Bertz CT molecular complexity index is 423. The molecule has 0 amide bonds. The van der Waals surface area contributed by atoms with E-state index in [0.717, 1.165) is 17.8 Å². The Balaban J connectivity index is 0.00000147. The van der Waals surface area contributed by atoms with Gasteiger partial charge in [-0.25, -0.2) is 4.39 Å². The number of fused-ring (bicyclic) bond motifs is 3. The van der Waals surface area contributed by atoms with E-state index in [9.17, 15) is 4.39 Å². The molecule has 1 aromatic carbocycles. The van der Waals surface area contributed by atoms with Crippen LogP contribution in [0.2, 0.25) is 0 Å². The van der Waals surface area contributed by atoms with Crippen LogP contribution in [0.15, 0.2) is 24.3 Å². The topological polar surface area (TPSA) is 4.44 Å². The van der Waals surface area contributed by atoms with E-state index in [1.54, 1.807) is 17.0 Å². The van der Waals surface area contributed by atoms with Crippen molar-refractivity contribution in [3.8, 4) is 0 Å².